The van der Waals surface area contributed by atoms with Gasteiger partial charge >= 0.3 is 0 Å². The van der Waals surface area contributed by atoms with Crippen LogP contribution in [-0.2, 0) is 15.9 Å². The molecule has 2 nitrogen and oxygen atoms in total. The van der Waals surface area contributed by atoms with E-state index in [0.717, 1.165) is 6.42 Å². The van der Waals surface area contributed by atoms with Crippen LogP contribution in [0.15, 0.2) is 24.3 Å². The Morgan fingerprint density at radius 3 is 1.89 bits per heavy atom. The lowest BCUT2D eigenvalue weighted by atomic mass is 9.91. The van der Waals surface area contributed by atoms with Crippen molar-refractivity contribution < 1.29 is 4.84 Å². The maximum atomic E-state index is 6.21. The van der Waals surface area contributed by atoms with Crippen molar-refractivity contribution in [2.45, 2.75) is 65.1 Å². The number of hydroxylamine groups is 2. The van der Waals surface area contributed by atoms with Gasteiger partial charge < -0.3 is 0 Å². The molecule has 0 aromatic heterocycles. The first-order valence-corrected chi connectivity index (χ1v) is 6.89. The topological polar surface area (TPSA) is 12.5 Å². The summed E-state index contributed by atoms with van der Waals surface area (Å²) in [5.41, 5.74) is 2.59. The molecule has 1 heterocycles. The third-order valence-electron chi connectivity index (χ3n) is 4.12. The molecule has 2 rings (SSSR count). The second kappa shape index (κ2) is 4.36. The SMILES string of the molecule is CCC(C)ON1C(C)(C)c2ccccc2C1(C)C. The summed E-state index contributed by atoms with van der Waals surface area (Å²) < 4.78 is 0. The Hall–Kier alpha value is -0.860. The molecule has 1 aliphatic rings. The van der Waals surface area contributed by atoms with Crippen molar-refractivity contribution in [3.8, 4) is 0 Å². The monoisotopic (exact) mass is 247 g/mol. The predicted octanol–water partition coefficient (Wildman–Crippen LogP) is 4.20. The molecule has 1 aliphatic heterocycles. The van der Waals surface area contributed by atoms with Gasteiger partial charge in [-0.05, 0) is 52.2 Å². The fourth-order valence-electron chi connectivity index (χ4n) is 2.99. The molecular weight excluding hydrogens is 222 g/mol. The van der Waals surface area contributed by atoms with E-state index >= 15 is 0 Å². The first-order valence-electron chi connectivity index (χ1n) is 6.89. The molecule has 1 unspecified atom stereocenters. The highest BCUT2D eigenvalue weighted by Gasteiger charge is 2.50. The van der Waals surface area contributed by atoms with E-state index in [0.29, 0.717) is 0 Å². The lowest BCUT2D eigenvalue weighted by molar-refractivity contribution is -0.284. The molecule has 0 saturated heterocycles. The summed E-state index contributed by atoms with van der Waals surface area (Å²) in [5.74, 6) is 0. The van der Waals surface area contributed by atoms with Gasteiger partial charge in [0.05, 0.1) is 17.2 Å². The van der Waals surface area contributed by atoms with Crippen molar-refractivity contribution in [3.05, 3.63) is 35.4 Å². The molecular formula is C16H25NO. The molecule has 0 radical (unpaired) electrons. The summed E-state index contributed by atoms with van der Waals surface area (Å²) in [5, 5.41) is 2.18. The minimum atomic E-state index is -0.0798. The van der Waals surface area contributed by atoms with Crippen LogP contribution in [0.25, 0.3) is 0 Å². The largest absolute Gasteiger partial charge is 0.294 e. The smallest absolute Gasteiger partial charge is 0.0763 e. The molecule has 2 heteroatoms. The molecule has 0 bridgehead atoms. The highest BCUT2D eigenvalue weighted by molar-refractivity contribution is 5.42. The maximum Gasteiger partial charge on any atom is 0.0763 e. The van der Waals surface area contributed by atoms with Gasteiger partial charge in [0.25, 0.3) is 0 Å². The van der Waals surface area contributed by atoms with Crippen LogP contribution in [0.2, 0.25) is 0 Å². The van der Waals surface area contributed by atoms with Crippen LogP contribution in [0.5, 0.6) is 0 Å². The fraction of sp³-hybridized carbons (Fsp3) is 0.625. The Morgan fingerprint density at radius 2 is 1.50 bits per heavy atom. The summed E-state index contributed by atoms with van der Waals surface area (Å²) >= 11 is 0. The van der Waals surface area contributed by atoms with Gasteiger partial charge in [-0.3, -0.25) is 4.84 Å². The summed E-state index contributed by atoms with van der Waals surface area (Å²) in [6, 6.07) is 8.67. The fourth-order valence-corrected chi connectivity index (χ4v) is 2.99. The molecule has 0 spiro atoms. The van der Waals surface area contributed by atoms with Crippen LogP contribution >= 0.6 is 0 Å². The average Bonchev–Trinajstić information content (AvgIpc) is 2.48. The summed E-state index contributed by atoms with van der Waals surface area (Å²) in [4.78, 5) is 6.21. The number of fused-ring (bicyclic) bond motifs is 1. The molecule has 100 valence electrons. The predicted molar refractivity (Wildman–Crippen MR) is 75.2 cm³/mol. The number of hydrogen-bond donors (Lipinski definition) is 0. The van der Waals surface area contributed by atoms with Gasteiger partial charge in [0, 0.05) is 0 Å². The summed E-state index contributed by atoms with van der Waals surface area (Å²) in [7, 11) is 0. The highest BCUT2D eigenvalue weighted by atomic mass is 16.7. The molecule has 0 aliphatic carbocycles. The van der Waals surface area contributed by atoms with E-state index in [2.05, 4.69) is 70.9 Å². The molecule has 1 atom stereocenters. The Balaban J connectivity index is 2.45. The van der Waals surface area contributed by atoms with Crippen LogP contribution in [0.3, 0.4) is 0 Å². The van der Waals surface area contributed by atoms with E-state index in [9.17, 15) is 0 Å². The quantitative estimate of drug-likeness (QED) is 0.793. The van der Waals surface area contributed by atoms with Crippen molar-refractivity contribution in [2.24, 2.45) is 0 Å². The number of benzene rings is 1. The molecule has 1 aromatic carbocycles. The Labute approximate surface area is 111 Å². The zero-order valence-electron chi connectivity index (χ0n) is 12.4. The van der Waals surface area contributed by atoms with Crippen LogP contribution in [-0.4, -0.2) is 11.2 Å². The summed E-state index contributed by atoms with van der Waals surface area (Å²) in [6.07, 6.45) is 1.27. The minimum Gasteiger partial charge on any atom is -0.294 e. The lowest BCUT2D eigenvalue weighted by Crippen LogP contribution is -2.46. The molecule has 0 saturated carbocycles. The van der Waals surface area contributed by atoms with Gasteiger partial charge in [0.2, 0.25) is 0 Å². The average molecular weight is 247 g/mol. The van der Waals surface area contributed by atoms with Crippen molar-refractivity contribution >= 4 is 0 Å². The molecule has 0 amide bonds. The Morgan fingerprint density at radius 1 is 1.06 bits per heavy atom. The van der Waals surface area contributed by atoms with Crippen molar-refractivity contribution in [1.82, 2.24) is 5.06 Å². The lowest BCUT2D eigenvalue weighted by Gasteiger charge is -2.41. The van der Waals surface area contributed by atoms with Gasteiger partial charge in [0.15, 0.2) is 0 Å². The normalized spacial score (nSPS) is 22.8. The van der Waals surface area contributed by atoms with Gasteiger partial charge in [-0.25, -0.2) is 0 Å². The van der Waals surface area contributed by atoms with Crippen molar-refractivity contribution in [1.29, 1.82) is 0 Å². The molecule has 1 aromatic rings. The third-order valence-corrected chi connectivity index (χ3v) is 4.12. The van der Waals surface area contributed by atoms with Crippen molar-refractivity contribution in [3.63, 3.8) is 0 Å². The van der Waals surface area contributed by atoms with E-state index < -0.39 is 0 Å². The first kappa shape index (κ1) is 13.6. The van der Waals surface area contributed by atoms with Gasteiger partial charge in [0.1, 0.15) is 0 Å². The van der Waals surface area contributed by atoms with E-state index in [1.807, 2.05) is 0 Å². The van der Waals surface area contributed by atoms with E-state index in [-0.39, 0.29) is 17.2 Å². The van der Waals surface area contributed by atoms with Crippen LogP contribution in [0.4, 0.5) is 0 Å². The van der Waals surface area contributed by atoms with Crippen LogP contribution in [0, 0.1) is 0 Å². The standard InChI is InChI=1S/C16H25NO/c1-7-12(2)18-17-15(3,4)13-10-8-9-11-14(13)16(17,5)6/h8-12H,7H2,1-6H3. The Kier molecular flexibility index (Phi) is 3.28. The second-order valence-corrected chi connectivity index (χ2v) is 6.28. The molecule has 0 N–H and O–H groups in total. The number of hydrogen-bond acceptors (Lipinski definition) is 2. The third kappa shape index (κ3) is 1.88. The van der Waals surface area contributed by atoms with Gasteiger partial charge in [-0.2, -0.15) is 5.06 Å². The second-order valence-electron chi connectivity index (χ2n) is 6.28. The minimum absolute atomic E-state index is 0.0798. The maximum absolute atomic E-state index is 6.21. The summed E-state index contributed by atoms with van der Waals surface area (Å²) in [6.45, 7) is 13.3. The number of rotatable bonds is 3. The van der Waals surface area contributed by atoms with E-state index in [4.69, 9.17) is 4.84 Å². The molecule has 0 fully saturated rings. The van der Waals surface area contributed by atoms with Crippen LogP contribution < -0.4 is 0 Å². The molecule has 18 heavy (non-hydrogen) atoms. The Bertz CT molecular complexity index is 401. The highest BCUT2D eigenvalue weighted by Crippen LogP contribution is 2.49. The van der Waals surface area contributed by atoms with E-state index in [1.165, 1.54) is 11.1 Å². The van der Waals surface area contributed by atoms with Crippen LogP contribution in [0.1, 0.15) is 59.1 Å². The van der Waals surface area contributed by atoms with Crippen molar-refractivity contribution in [2.75, 3.05) is 0 Å². The zero-order valence-corrected chi connectivity index (χ0v) is 12.4. The van der Waals surface area contributed by atoms with E-state index in [1.54, 1.807) is 0 Å². The zero-order chi connectivity index (χ0) is 13.6. The first-order chi connectivity index (χ1) is 8.31. The van der Waals surface area contributed by atoms with Gasteiger partial charge in [-0.1, -0.05) is 31.2 Å². The van der Waals surface area contributed by atoms with Gasteiger partial charge in [-0.15, -0.1) is 0 Å². The number of nitrogens with zero attached hydrogens (tertiary/aromatic N) is 1.